The van der Waals surface area contributed by atoms with Crippen LogP contribution in [0.1, 0.15) is 32.1 Å². The maximum absolute atomic E-state index is 13.1. The highest BCUT2D eigenvalue weighted by Crippen LogP contribution is 2.39. The Morgan fingerprint density at radius 3 is 2.43 bits per heavy atom. The van der Waals surface area contributed by atoms with Crippen molar-refractivity contribution in [1.82, 2.24) is 14.5 Å². The third kappa shape index (κ3) is 4.13. The fourth-order valence-corrected chi connectivity index (χ4v) is 5.27. The van der Waals surface area contributed by atoms with E-state index in [0.29, 0.717) is 17.9 Å². The van der Waals surface area contributed by atoms with E-state index in [1.54, 1.807) is 23.9 Å². The second kappa shape index (κ2) is 9.26. The van der Waals surface area contributed by atoms with E-state index in [2.05, 4.69) is 14.9 Å². The third-order valence-corrected chi connectivity index (χ3v) is 7.04. The van der Waals surface area contributed by atoms with E-state index >= 15 is 0 Å². The summed E-state index contributed by atoms with van der Waals surface area (Å²) in [5, 5.41) is 8.79. The second-order valence-corrected chi connectivity index (χ2v) is 9.29. The van der Waals surface area contributed by atoms with Crippen LogP contribution in [0.3, 0.4) is 0 Å². The average molecular weight is 445 g/mol. The van der Waals surface area contributed by atoms with Crippen molar-refractivity contribution in [3.63, 3.8) is 0 Å². The Bertz CT molecular complexity index is 893. The van der Waals surface area contributed by atoms with Gasteiger partial charge in [-0.2, -0.15) is 11.8 Å². The molecule has 3 atom stereocenters. The monoisotopic (exact) mass is 444 g/mol. The number of aromatic nitrogens is 2. The Labute approximate surface area is 183 Å². The molecular formula is C21H24N4O3S2. The first-order valence-electron chi connectivity index (χ1n) is 10.1. The van der Waals surface area contributed by atoms with E-state index in [1.807, 2.05) is 23.8 Å². The van der Waals surface area contributed by atoms with Crippen molar-refractivity contribution in [3.8, 4) is 11.3 Å². The molecule has 1 aliphatic carbocycles. The Hall–Kier alpha value is -2.26. The van der Waals surface area contributed by atoms with Crippen molar-refractivity contribution in [2.45, 2.75) is 38.1 Å². The van der Waals surface area contributed by atoms with Crippen molar-refractivity contribution in [2.24, 2.45) is 11.8 Å². The Morgan fingerprint density at radius 1 is 1.20 bits per heavy atom. The summed E-state index contributed by atoms with van der Waals surface area (Å²) in [6.07, 6.45) is 5.83. The Balaban J connectivity index is 1.51. The minimum atomic E-state index is -0.773. The number of carbonyl (C=O) groups is 3. The molecule has 1 saturated heterocycles. The number of imide groups is 1. The number of hydrogen-bond acceptors (Lipinski definition) is 7. The highest BCUT2D eigenvalue weighted by Gasteiger charge is 2.51. The predicted molar refractivity (Wildman–Crippen MR) is 118 cm³/mol. The van der Waals surface area contributed by atoms with Crippen molar-refractivity contribution in [2.75, 3.05) is 17.3 Å². The number of thioether (sulfide) groups is 1. The lowest BCUT2D eigenvalue weighted by atomic mass is 9.81. The molecule has 0 bridgehead atoms. The van der Waals surface area contributed by atoms with Gasteiger partial charge in [-0.15, -0.1) is 5.10 Å². The quantitative estimate of drug-likeness (QED) is 0.658. The molecule has 7 nitrogen and oxygen atoms in total. The molecule has 2 fully saturated rings. The molecule has 4 rings (SSSR count). The number of benzene rings is 1. The zero-order chi connectivity index (χ0) is 21.1. The highest BCUT2D eigenvalue weighted by molar-refractivity contribution is 7.98. The molecule has 30 heavy (non-hydrogen) atoms. The smallest absolute Gasteiger partial charge is 0.247 e. The topological polar surface area (TPSA) is 92.3 Å². The Kier molecular flexibility index (Phi) is 6.48. The van der Waals surface area contributed by atoms with Gasteiger partial charge in [-0.1, -0.05) is 29.5 Å². The summed E-state index contributed by atoms with van der Waals surface area (Å²) in [6.45, 7) is 0. The summed E-state index contributed by atoms with van der Waals surface area (Å²) >= 11 is 2.88. The lowest BCUT2D eigenvalue weighted by molar-refractivity contribution is -0.146. The van der Waals surface area contributed by atoms with Gasteiger partial charge in [-0.3, -0.25) is 19.3 Å². The van der Waals surface area contributed by atoms with Crippen LogP contribution in [0, 0.1) is 11.8 Å². The van der Waals surface area contributed by atoms with Crippen molar-refractivity contribution >= 4 is 46.7 Å². The van der Waals surface area contributed by atoms with E-state index < -0.39 is 6.04 Å². The fraction of sp³-hybridized carbons (Fsp3) is 0.476. The van der Waals surface area contributed by atoms with Crippen LogP contribution >= 0.6 is 23.3 Å². The molecule has 1 N–H and O–H groups in total. The first kappa shape index (κ1) is 21.0. The van der Waals surface area contributed by atoms with Crippen molar-refractivity contribution in [3.05, 3.63) is 29.6 Å². The second-order valence-electron chi connectivity index (χ2n) is 7.70. The molecule has 0 radical (unpaired) electrons. The number of nitrogens with one attached hydrogen (secondary N) is 1. The first-order chi connectivity index (χ1) is 14.6. The standard InChI is InChI=1S/C21H24N4O3S2/c1-29-11-10-18(25-20(27)15-4-2-3-5-16(15)21(25)28)19(26)22-14-8-6-13(7-9-14)17-12-30-24-23-17/h6-9,12,15-16,18H,2-5,10-11H2,1H3,(H,22,26). The van der Waals surface area contributed by atoms with Crippen LogP contribution in [0.2, 0.25) is 0 Å². The summed E-state index contributed by atoms with van der Waals surface area (Å²) in [5.41, 5.74) is 2.32. The van der Waals surface area contributed by atoms with Gasteiger partial charge in [-0.05, 0) is 54.9 Å². The van der Waals surface area contributed by atoms with Gasteiger partial charge >= 0.3 is 0 Å². The highest BCUT2D eigenvalue weighted by atomic mass is 32.2. The molecule has 2 aliphatic rings. The summed E-state index contributed by atoms with van der Waals surface area (Å²) in [4.78, 5) is 40.4. The number of anilines is 1. The maximum atomic E-state index is 13.1. The normalized spacial score (nSPS) is 22.1. The fourth-order valence-electron chi connectivity index (χ4n) is 4.34. The van der Waals surface area contributed by atoms with Crippen LogP contribution in [-0.4, -0.2) is 50.3 Å². The third-order valence-electron chi connectivity index (χ3n) is 5.89. The zero-order valence-electron chi connectivity index (χ0n) is 16.7. The largest absolute Gasteiger partial charge is 0.324 e. The summed E-state index contributed by atoms with van der Waals surface area (Å²) < 4.78 is 3.86. The number of rotatable bonds is 7. The molecule has 1 saturated carbocycles. The maximum Gasteiger partial charge on any atom is 0.247 e. The summed E-state index contributed by atoms with van der Waals surface area (Å²) in [7, 11) is 0. The molecular weight excluding hydrogens is 420 g/mol. The molecule has 1 aromatic heterocycles. The summed E-state index contributed by atoms with van der Waals surface area (Å²) in [6, 6.07) is 6.55. The molecule has 0 spiro atoms. The molecule has 3 unspecified atom stereocenters. The number of hydrogen-bond donors (Lipinski definition) is 1. The molecule has 1 aromatic carbocycles. The number of amides is 3. The number of likely N-dealkylation sites (tertiary alicyclic amines) is 1. The van der Waals surface area contributed by atoms with Crippen LogP contribution in [0.15, 0.2) is 29.6 Å². The van der Waals surface area contributed by atoms with Gasteiger partial charge in [0.15, 0.2) is 0 Å². The van der Waals surface area contributed by atoms with Gasteiger partial charge in [0.1, 0.15) is 11.7 Å². The van der Waals surface area contributed by atoms with E-state index in [4.69, 9.17) is 0 Å². The first-order valence-corrected chi connectivity index (χ1v) is 12.4. The van der Waals surface area contributed by atoms with Crippen LogP contribution in [0.4, 0.5) is 5.69 Å². The van der Waals surface area contributed by atoms with Gasteiger partial charge < -0.3 is 5.32 Å². The van der Waals surface area contributed by atoms with Gasteiger partial charge in [0.25, 0.3) is 0 Å². The predicted octanol–water partition coefficient (Wildman–Crippen LogP) is 3.44. The van der Waals surface area contributed by atoms with Gasteiger partial charge in [-0.25, -0.2) is 0 Å². The molecule has 9 heteroatoms. The molecule has 2 heterocycles. The zero-order valence-corrected chi connectivity index (χ0v) is 18.4. The number of fused-ring (bicyclic) bond motifs is 1. The van der Waals surface area contributed by atoms with E-state index in [-0.39, 0.29) is 29.6 Å². The lowest BCUT2D eigenvalue weighted by Crippen LogP contribution is -2.48. The van der Waals surface area contributed by atoms with Crippen LogP contribution in [-0.2, 0) is 14.4 Å². The molecule has 158 valence electrons. The molecule has 1 aliphatic heterocycles. The van der Waals surface area contributed by atoms with Gasteiger partial charge in [0.05, 0.1) is 11.8 Å². The molecule has 2 aromatic rings. The van der Waals surface area contributed by atoms with Crippen LogP contribution < -0.4 is 5.32 Å². The van der Waals surface area contributed by atoms with Crippen LogP contribution in [0.25, 0.3) is 11.3 Å². The number of carbonyl (C=O) groups excluding carboxylic acids is 3. The van der Waals surface area contributed by atoms with Crippen molar-refractivity contribution < 1.29 is 14.4 Å². The van der Waals surface area contributed by atoms with Gasteiger partial charge in [0, 0.05) is 16.6 Å². The van der Waals surface area contributed by atoms with Gasteiger partial charge in [0.2, 0.25) is 17.7 Å². The average Bonchev–Trinajstić information content (AvgIpc) is 3.38. The van der Waals surface area contributed by atoms with Crippen LogP contribution in [0.5, 0.6) is 0 Å². The minimum absolute atomic E-state index is 0.169. The molecule has 3 amide bonds. The van der Waals surface area contributed by atoms with E-state index in [9.17, 15) is 14.4 Å². The lowest BCUT2D eigenvalue weighted by Gasteiger charge is -2.26. The van der Waals surface area contributed by atoms with Crippen molar-refractivity contribution in [1.29, 1.82) is 0 Å². The minimum Gasteiger partial charge on any atom is -0.324 e. The van der Waals surface area contributed by atoms with E-state index in [1.165, 1.54) is 16.4 Å². The number of nitrogens with zero attached hydrogens (tertiary/aromatic N) is 3. The SMILES string of the molecule is CSCCC(C(=O)Nc1ccc(-c2csnn2)cc1)N1C(=O)C2CCCCC2C1=O. The summed E-state index contributed by atoms with van der Waals surface area (Å²) in [5.74, 6) is -0.453. The van der Waals surface area contributed by atoms with E-state index in [0.717, 1.165) is 36.9 Å². The Morgan fingerprint density at radius 2 is 1.87 bits per heavy atom.